The van der Waals surface area contributed by atoms with Crippen molar-refractivity contribution in [2.24, 2.45) is 0 Å². The molecule has 3 saturated heterocycles. The molecule has 3 aliphatic heterocycles. The number of hydrogen-bond donors (Lipinski definition) is 2. The Labute approximate surface area is 215 Å². The number of nitrogens with zero attached hydrogens (tertiary/aromatic N) is 5. The van der Waals surface area contributed by atoms with Gasteiger partial charge in [-0.1, -0.05) is 12.1 Å². The number of anilines is 4. The molecule has 1 aromatic carbocycles. The van der Waals surface area contributed by atoms with E-state index < -0.39 is 0 Å². The summed E-state index contributed by atoms with van der Waals surface area (Å²) in [5, 5.41) is 7.18. The van der Waals surface area contributed by atoms with E-state index in [9.17, 15) is 0 Å². The van der Waals surface area contributed by atoms with Gasteiger partial charge in [-0.25, -0.2) is 0 Å². The molecule has 2 N–H and O–H groups in total. The van der Waals surface area contributed by atoms with Gasteiger partial charge in [0.1, 0.15) is 11.6 Å². The van der Waals surface area contributed by atoms with Gasteiger partial charge in [0.15, 0.2) is 5.11 Å². The topological polar surface area (TPSA) is 59.6 Å². The van der Waals surface area contributed by atoms with Crippen molar-refractivity contribution in [3.05, 3.63) is 35.9 Å². The van der Waals surface area contributed by atoms with Gasteiger partial charge in [0.2, 0.25) is 5.95 Å². The highest BCUT2D eigenvalue weighted by Gasteiger charge is 2.23. The van der Waals surface area contributed by atoms with Gasteiger partial charge in [0.05, 0.1) is 0 Å². The average molecular weight is 494 g/mol. The highest BCUT2D eigenvalue weighted by atomic mass is 32.1. The van der Waals surface area contributed by atoms with Gasteiger partial charge in [-0.2, -0.15) is 9.97 Å². The van der Waals surface area contributed by atoms with E-state index in [0.29, 0.717) is 23.6 Å². The summed E-state index contributed by atoms with van der Waals surface area (Å²) < 4.78 is 0. The van der Waals surface area contributed by atoms with E-state index in [1.807, 2.05) is 0 Å². The van der Waals surface area contributed by atoms with Gasteiger partial charge in [0, 0.05) is 57.1 Å². The zero-order valence-corrected chi connectivity index (χ0v) is 21.8. The van der Waals surface area contributed by atoms with Gasteiger partial charge >= 0.3 is 0 Å². The average Bonchev–Trinajstić information content (AvgIpc) is 3.44. The summed E-state index contributed by atoms with van der Waals surface area (Å²) in [7, 11) is 0. The van der Waals surface area contributed by atoms with E-state index in [0.717, 1.165) is 31.3 Å². The maximum Gasteiger partial charge on any atom is 0.232 e. The van der Waals surface area contributed by atoms with Gasteiger partial charge in [-0.3, -0.25) is 0 Å². The number of hydrogen-bond acceptors (Lipinski definition) is 6. The molecule has 7 nitrogen and oxygen atoms in total. The number of nitrogens with one attached hydrogen (secondary N) is 2. The lowest BCUT2D eigenvalue weighted by Gasteiger charge is -2.35. The molecule has 1 aromatic heterocycles. The SMILES string of the molecule is C[C@H]1CCCCN1c1cc(N2CCCCC2)nc(NC(=S)NCc2ccc(N3CCCC3)cc2)n1. The standard InChI is InChI=1S/C27H39N7S/c1-21-9-3-6-18-34(21)25-19-24(33-16-4-2-5-17-33)29-26(30-25)31-27(35)28-20-22-10-12-23(13-11-22)32-14-7-8-15-32/h10-13,19,21H,2-9,14-18,20H2,1H3,(H2,28,29,30,31,35)/t21-/m0/s1. The molecule has 8 heteroatoms. The first-order valence-corrected chi connectivity index (χ1v) is 13.9. The molecule has 0 aliphatic carbocycles. The second kappa shape index (κ2) is 11.4. The summed E-state index contributed by atoms with van der Waals surface area (Å²) in [4.78, 5) is 17.1. The second-order valence-electron chi connectivity index (χ2n) is 10.2. The van der Waals surface area contributed by atoms with Gasteiger partial charge in [0.25, 0.3) is 0 Å². The van der Waals surface area contributed by atoms with Gasteiger partial charge in [-0.05, 0) is 88.2 Å². The Bertz CT molecular complexity index is 984. The molecule has 3 aliphatic rings. The maximum absolute atomic E-state index is 5.63. The van der Waals surface area contributed by atoms with Crippen LogP contribution in [0.5, 0.6) is 0 Å². The van der Waals surface area contributed by atoms with E-state index in [2.05, 4.69) is 62.6 Å². The maximum atomic E-state index is 5.63. The Hall–Kier alpha value is -2.61. The summed E-state index contributed by atoms with van der Waals surface area (Å²) in [5.74, 6) is 2.61. The molecule has 0 radical (unpaired) electrons. The predicted octanol–water partition coefficient (Wildman–Crippen LogP) is 4.93. The Kier molecular flexibility index (Phi) is 7.86. The summed E-state index contributed by atoms with van der Waals surface area (Å²) in [6, 6.07) is 11.5. The lowest BCUT2D eigenvalue weighted by atomic mass is 10.0. The van der Waals surface area contributed by atoms with Crippen molar-refractivity contribution in [2.75, 3.05) is 52.7 Å². The fraction of sp³-hybridized carbons (Fsp3) is 0.593. The third kappa shape index (κ3) is 6.15. The molecule has 0 saturated carbocycles. The fourth-order valence-electron chi connectivity index (χ4n) is 5.48. The molecule has 5 rings (SSSR count). The number of thiocarbonyl (C=S) groups is 1. The van der Waals surface area contributed by atoms with Crippen molar-refractivity contribution in [3.8, 4) is 0 Å². The third-order valence-corrected chi connectivity index (χ3v) is 7.81. The second-order valence-corrected chi connectivity index (χ2v) is 10.6. The van der Waals surface area contributed by atoms with Crippen LogP contribution in [0.4, 0.5) is 23.3 Å². The summed E-state index contributed by atoms with van der Waals surface area (Å²) >= 11 is 5.63. The van der Waals surface area contributed by atoms with Crippen molar-refractivity contribution in [1.29, 1.82) is 0 Å². The molecule has 0 bridgehead atoms. The Balaban J connectivity index is 1.25. The van der Waals surface area contributed by atoms with Crippen LogP contribution in [0.25, 0.3) is 0 Å². The van der Waals surface area contributed by atoms with Crippen LogP contribution < -0.4 is 25.3 Å². The van der Waals surface area contributed by atoms with E-state index in [-0.39, 0.29) is 0 Å². The molecule has 0 unspecified atom stereocenters. The normalized spacial score (nSPS) is 20.7. The first-order valence-electron chi connectivity index (χ1n) is 13.5. The van der Waals surface area contributed by atoms with Crippen molar-refractivity contribution in [1.82, 2.24) is 15.3 Å². The molecule has 35 heavy (non-hydrogen) atoms. The first kappa shape index (κ1) is 24.1. The monoisotopic (exact) mass is 493 g/mol. The summed E-state index contributed by atoms with van der Waals surface area (Å²) in [5.41, 5.74) is 2.53. The van der Waals surface area contributed by atoms with Crippen LogP contribution in [0, 0.1) is 0 Å². The molecule has 2 aromatic rings. The van der Waals surface area contributed by atoms with Crippen molar-refractivity contribution in [2.45, 2.75) is 70.9 Å². The fourth-order valence-corrected chi connectivity index (χ4v) is 5.64. The van der Waals surface area contributed by atoms with E-state index >= 15 is 0 Å². The van der Waals surface area contributed by atoms with Crippen LogP contribution >= 0.6 is 12.2 Å². The van der Waals surface area contributed by atoms with Gasteiger partial charge < -0.3 is 25.3 Å². The lowest BCUT2D eigenvalue weighted by Crippen LogP contribution is -2.39. The van der Waals surface area contributed by atoms with E-state index in [1.54, 1.807) is 0 Å². The molecule has 4 heterocycles. The minimum Gasteiger partial charge on any atom is -0.372 e. The highest BCUT2D eigenvalue weighted by molar-refractivity contribution is 7.80. The molecule has 1 atom stereocenters. The Morgan fingerprint density at radius 1 is 0.857 bits per heavy atom. The van der Waals surface area contributed by atoms with Crippen LogP contribution in [0.3, 0.4) is 0 Å². The van der Waals surface area contributed by atoms with Crippen molar-refractivity contribution >= 4 is 40.6 Å². The molecule has 3 fully saturated rings. The van der Waals surface area contributed by atoms with Crippen molar-refractivity contribution in [3.63, 3.8) is 0 Å². The first-order chi connectivity index (χ1) is 17.2. The smallest absolute Gasteiger partial charge is 0.232 e. The van der Waals surface area contributed by atoms with Crippen LogP contribution in [0.1, 0.15) is 63.9 Å². The zero-order chi connectivity index (χ0) is 24.0. The predicted molar refractivity (Wildman–Crippen MR) is 150 cm³/mol. The largest absolute Gasteiger partial charge is 0.372 e. The number of aromatic nitrogens is 2. The van der Waals surface area contributed by atoms with E-state index in [1.165, 1.54) is 75.7 Å². The summed E-state index contributed by atoms with van der Waals surface area (Å²) in [6.07, 6.45) is 10.0. The van der Waals surface area contributed by atoms with E-state index in [4.69, 9.17) is 22.2 Å². The minimum atomic E-state index is 0.495. The van der Waals surface area contributed by atoms with Crippen LogP contribution in [-0.4, -0.2) is 53.8 Å². The number of piperidine rings is 2. The lowest BCUT2D eigenvalue weighted by molar-refractivity contribution is 0.481. The molecular weight excluding hydrogens is 454 g/mol. The quantitative estimate of drug-likeness (QED) is 0.549. The molecule has 0 amide bonds. The number of rotatable bonds is 6. The molecule has 0 spiro atoms. The van der Waals surface area contributed by atoms with Crippen LogP contribution in [0.2, 0.25) is 0 Å². The highest BCUT2D eigenvalue weighted by Crippen LogP contribution is 2.28. The summed E-state index contributed by atoms with van der Waals surface area (Å²) in [6.45, 7) is 8.47. The third-order valence-electron chi connectivity index (χ3n) is 7.56. The molecule has 188 valence electrons. The molecular formula is C27H39N7S. The minimum absolute atomic E-state index is 0.495. The van der Waals surface area contributed by atoms with Crippen molar-refractivity contribution < 1.29 is 0 Å². The Morgan fingerprint density at radius 2 is 1.51 bits per heavy atom. The van der Waals surface area contributed by atoms with Gasteiger partial charge in [-0.15, -0.1) is 0 Å². The zero-order valence-electron chi connectivity index (χ0n) is 21.0. The number of benzene rings is 1. The Morgan fingerprint density at radius 3 is 2.26 bits per heavy atom. The van der Waals surface area contributed by atoms with Crippen LogP contribution in [0.15, 0.2) is 30.3 Å². The van der Waals surface area contributed by atoms with Crippen LogP contribution in [-0.2, 0) is 6.54 Å².